The molecule has 0 aromatic carbocycles. The van der Waals surface area contributed by atoms with Crippen LogP contribution in [0.5, 0.6) is 0 Å². The standard InChI is InChI=1S/C15H25NO2/c1-10-3-2-6-16(14(10)15(17)18)9-13-8-11-4-5-12(13)7-11/h10-14H,2-9H2,1H3,(H,17,18). The summed E-state index contributed by atoms with van der Waals surface area (Å²) in [6.45, 7) is 4.14. The van der Waals surface area contributed by atoms with Crippen LogP contribution in [-0.2, 0) is 4.79 Å². The van der Waals surface area contributed by atoms with E-state index in [1.807, 2.05) is 0 Å². The molecule has 1 aliphatic heterocycles. The van der Waals surface area contributed by atoms with Gasteiger partial charge in [0.2, 0.25) is 0 Å². The predicted molar refractivity (Wildman–Crippen MR) is 70.3 cm³/mol. The zero-order valence-corrected chi connectivity index (χ0v) is 11.3. The smallest absolute Gasteiger partial charge is 0.321 e. The molecule has 3 aliphatic rings. The molecule has 0 aromatic rings. The van der Waals surface area contributed by atoms with Gasteiger partial charge in [0.05, 0.1) is 0 Å². The van der Waals surface area contributed by atoms with Crippen LogP contribution in [0.1, 0.15) is 45.4 Å². The van der Waals surface area contributed by atoms with Crippen LogP contribution < -0.4 is 0 Å². The minimum absolute atomic E-state index is 0.224. The molecule has 3 nitrogen and oxygen atoms in total. The molecule has 1 saturated heterocycles. The molecule has 0 aromatic heterocycles. The highest BCUT2D eigenvalue weighted by Gasteiger charge is 2.42. The van der Waals surface area contributed by atoms with Crippen molar-refractivity contribution in [3.8, 4) is 0 Å². The van der Waals surface area contributed by atoms with E-state index >= 15 is 0 Å². The molecule has 0 spiro atoms. The van der Waals surface area contributed by atoms with E-state index in [1.54, 1.807) is 0 Å². The molecule has 3 heteroatoms. The number of hydrogen-bond donors (Lipinski definition) is 1. The fraction of sp³-hybridized carbons (Fsp3) is 0.933. The summed E-state index contributed by atoms with van der Waals surface area (Å²) < 4.78 is 0. The summed E-state index contributed by atoms with van der Waals surface area (Å²) >= 11 is 0. The van der Waals surface area contributed by atoms with Crippen LogP contribution in [0.2, 0.25) is 0 Å². The molecule has 5 unspecified atom stereocenters. The molecule has 18 heavy (non-hydrogen) atoms. The number of likely N-dealkylation sites (tertiary alicyclic amines) is 1. The Balaban J connectivity index is 1.65. The van der Waals surface area contributed by atoms with Crippen molar-refractivity contribution < 1.29 is 9.90 Å². The highest BCUT2D eigenvalue weighted by molar-refractivity contribution is 5.74. The molecule has 3 rings (SSSR count). The van der Waals surface area contributed by atoms with Gasteiger partial charge >= 0.3 is 5.97 Å². The van der Waals surface area contributed by atoms with Gasteiger partial charge in [0.15, 0.2) is 0 Å². The van der Waals surface area contributed by atoms with Gasteiger partial charge in [0.1, 0.15) is 6.04 Å². The number of carboxylic acid groups (broad SMARTS) is 1. The SMILES string of the molecule is CC1CCCN(CC2CC3CCC2C3)C1C(=O)O. The number of fused-ring (bicyclic) bond motifs is 2. The largest absolute Gasteiger partial charge is 0.480 e. The van der Waals surface area contributed by atoms with E-state index in [2.05, 4.69) is 11.8 Å². The van der Waals surface area contributed by atoms with Gasteiger partial charge in [0.25, 0.3) is 0 Å². The Morgan fingerprint density at radius 1 is 1.28 bits per heavy atom. The van der Waals surface area contributed by atoms with Gasteiger partial charge in [-0.25, -0.2) is 0 Å². The first kappa shape index (κ1) is 12.5. The molecular formula is C15H25NO2. The second-order valence-corrected chi connectivity index (χ2v) is 6.83. The van der Waals surface area contributed by atoms with E-state index in [9.17, 15) is 9.90 Å². The third-order valence-corrected chi connectivity index (χ3v) is 5.64. The summed E-state index contributed by atoms with van der Waals surface area (Å²) in [7, 11) is 0. The number of hydrogen-bond acceptors (Lipinski definition) is 2. The maximum Gasteiger partial charge on any atom is 0.321 e. The third kappa shape index (κ3) is 2.18. The summed E-state index contributed by atoms with van der Waals surface area (Å²) in [5.41, 5.74) is 0. The van der Waals surface area contributed by atoms with Crippen molar-refractivity contribution in [2.24, 2.45) is 23.7 Å². The molecule has 102 valence electrons. The van der Waals surface area contributed by atoms with Crippen LogP contribution in [0.15, 0.2) is 0 Å². The fourth-order valence-corrected chi connectivity index (χ4v) is 4.78. The Hall–Kier alpha value is -0.570. The molecule has 0 radical (unpaired) electrons. The van der Waals surface area contributed by atoms with Gasteiger partial charge in [-0.1, -0.05) is 13.3 Å². The third-order valence-electron chi connectivity index (χ3n) is 5.64. The van der Waals surface area contributed by atoms with Crippen molar-refractivity contribution in [3.05, 3.63) is 0 Å². The monoisotopic (exact) mass is 251 g/mol. The van der Waals surface area contributed by atoms with E-state index in [-0.39, 0.29) is 6.04 Å². The minimum Gasteiger partial charge on any atom is -0.480 e. The average molecular weight is 251 g/mol. The van der Waals surface area contributed by atoms with Gasteiger partial charge in [-0.05, 0) is 62.3 Å². The topological polar surface area (TPSA) is 40.5 Å². The first-order valence-corrected chi connectivity index (χ1v) is 7.62. The quantitative estimate of drug-likeness (QED) is 0.838. The molecule has 1 heterocycles. The fourth-order valence-electron chi connectivity index (χ4n) is 4.78. The second kappa shape index (κ2) is 4.84. The van der Waals surface area contributed by atoms with E-state index in [4.69, 9.17) is 0 Å². The number of rotatable bonds is 3. The van der Waals surface area contributed by atoms with Crippen LogP contribution in [-0.4, -0.2) is 35.1 Å². The Morgan fingerprint density at radius 2 is 2.11 bits per heavy atom. The van der Waals surface area contributed by atoms with E-state index < -0.39 is 5.97 Å². The predicted octanol–water partition coefficient (Wildman–Crippen LogP) is 2.61. The highest BCUT2D eigenvalue weighted by Crippen LogP contribution is 2.48. The highest BCUT2D eigenvalue weighted by atomic mass is 16.4. The average Bonchev–Trinajstić information content (AvgIpc) is 2.90. The molecule has 5 atom stereocenters. The van der Waals surface area contributed by atoms with E-state index in [0.717, 1.165) is 37.3 Å². The number of carboxylic acids is 1. The maximum absolute atomic E-state index is 11.5. The molecular weight excluding hydrogens is 226 g/mol. The Kier molecular flexibility index (Phi) is 3.35. The first-order valence-electron chi connectivity index (χ1n) is 7.62. The number of piperidine rings is 1. The Morgan fingerprint density at radius 3 is 2.72 bits per heavy atom. The number of nitrogens with zero attached hydrogens (tertiary/aromatic N) is 1. The van der Waals surface area contributed by atoms with Gasteiger partial charge < -0.3 is 5.11 Å². The van der Waals surface area contributed by atoms with Gasteiger partial charge in [0, 0.05) is 6.54 Å². The lowest BCUT2D eigenvalue weighted by molar-refractivity contribution is -0.147. The van der Waals surface area contributed by atoms with Crippen molar-refractivity contribution in [2.75, 3.05) is 13.1 Å². The van der Waals surface area contributed by atoms with Crippen molar-refractivity contribution in [1.82, 2.24) is 4.90 Å². The number of aliphatic carboxylic acids is 1. The molecule has 3 fully saturated rings. The van der Waals surface area contributed by atoms with Crippen LogP contribution in [0.3, 0.4) is 0 Å². The summed E-state index contributed by atoms with van der Waals surface area (Å²) in [4.78, 5) is 13.7. The summed E-state index contributed by atoms with van der Waals surface area (Å²) in [5.74, 6) is 2.36. The van der Waals surface area contributed by atoms with Crippen LogP contribution >= 0.6 is 0 Å². The molecule has 2 bridgehead atoms. The lowest BCUT2D eigenvalue weighted by Crippen LogP contribution is -2.51. The lowest BCUT2D eigenvalue weighted by atomic mass is 9.85. The van der Waals surface area contributed by atoms with Crippen molar-refractivity contribution in [2.45, 2.75) is 51.5 Å². The van der Waals surface area contributed by atoms with Gasteiger partial charge in [-0.2, -0.15) is 0 Å². The van der Waals surface area contributed by atoms with Crippen LogP contribution in [0.4, 0.5) is 0 Å². The van der Waals surface area contributed by atoms with Gasteiger partial charge in [-0.15, -0.1) is 0 Å². The number of carbonyl (C=O) groups is 1. The molecule has 2 aliphatic carbocycles. The molecule has 1 N–H and O–H groups in total. The summed E-state index contributed by atoms with van der Waals surface area (Å²) in [6.07, 6.45) is 7.86. The van der Waals surface area contributed by atoms with E-state index in [1.165, 1.54) is 32.1 Å². The Bertz CT molecular complexity index is 330. The minimum atomic E-state index is -0.606. The second-order valence-electron chi connectivity index (χ2n) is 6.83. The molecule has 0 amide bonds. The Labute approximate surface area is 110 Å². The summed E-state index contributed by atoms with van der Waals surface area (Å²) in [6, 6.07) is -0.224. The zero-order chi connectivity index (χ0) is 12.7. The van der Waals surface area contributed by atoms with E-state index in [0.29, 0.717) is 5.92 Å². The van der Waals surface area contributed by atoms with Crippen LogP contribution in [0.25, 0.3) is 0 Å². The summed E-state index contributed by atoms with van der Waals surface area (Å²) in [5, 5.41) is 9.44. The lowest BCUT2D eigenvalue weighted by Gasteiger charge is -2.40. The maximum atomic E-state index is 11.5. The van der Waals surface area contributed by atoms with Crippen molar-refractivity contribution in [1.29, 1.82) is 0 Å². The normalized spacial score (nSPS) is 44.4. The van der Waals surface area contributed by atoms with Crippen molar-refractivity contribution in [3.63, 3.8) is 0 Å². The van der Waals surface area contributed by atoms with Gasteiger partial charge in [-0.3, -0.25) is 9.69 Å². The first-order chi connectivity index (χ1) is 8.65. The zero-order valence-electron chi connectivity index (χ0n) is 11.3. The van der Waals surface area contributed by atoms with Crippen LogP contribution in [0, 0.1) is 23.7 Å². The van der Waals surface area contributed by atoms with Crippen molar-refractivity contribution >= 4 is 5.97 Å². The molecule has 2 saturated carbocycles.